The van der Waals surface area contributed by atoms with Crippen LogP contribution < -0.4 is 10.1 Å². The van der Waals surface area contributed by atoms with E-state index in [0.717, 1.165) is 18.4 Å². The van der Waals surface area contributed by atoms with Gasteiger partial charge in [0.25, 0.3) is 5.91 Å². The topological polar surface area (TPSA) is 58.6 Å². The van der Waals surface area contributed by atoms with Gasteiger partial charge in [0.05, 0.1) is 6.61 Å². The van der Waals surface area contributed by atoms with Crippen molar-refractivity contribution in [2.75, 3.05) is 6.54 Å². The molecule has 1 aromatic carbocycles. The summed E-state index contributed by atoms with van der Waals surface area (Å²) in [5, 5.41) is 12.0. The fourth-order valence-corrected chi connectivity index (χ4v) is 2.60. The lowest BCUT2D eigenvalue weighted by atomic mass is 9.97. The number of rotatable bonds is 7. The average molecular weight is 303 g/mol. The maximum Gasteiger partial charge on any atom is 0.260 e. The molecule has 120 valence electrons. The van der Waals surface area contributed by atoms with Gasteiger partial charge in [-0.3, -0.25) is 4.79 Å². The van der Waals surface area contributed by atoms with Gasteiger partial charge in [0.1, 0.15) is 5.75 Å². The van der Waals surface area contributed by atoms with Crippen molar-refractivity contribution >= 4 is 5.91 Å². The van der Waals surface area contributed by atoms with Gasteiger partial charge in [-0.25, -0.2) is 0 Å². The third-order valence-corrected chi connectivity index (χ3v) is 3.89. The molecule has 0 saturated heterocycles. The summed E-state index contributed by atoms with van der Waals surface area (Å²) in [7, 11) is 0. The number of allylic oxidation sites excluding steroid dienone is 1. The Labute approximate surface area is 132 Å². The van der Waals surface area contributed by atoms with Crippen LogP contribution in [0, 0.1) is 0 Å². The number of benzene rings is 1. The van der Waals surface area contributed by atoms with Crippen LogP contribution >= 0.6 is 0 Å². The molecular weight excluding hydrogens is 278 g/mol. The van der Waals surface area contributed by atoms with Gasteiger partial charge in [0.15, 0.2) is 6.10 Å². The minimum Gasteiger partial charge on any atom is -0.481 e. The predicted octanol–water partition coefficient (Wildman–Crippen LogP) is 2.95. The molecule has 2 rings (SSSR count). The van der Waals surface area contributed by atoms with Crippen molar-refractivity contribution in [1.82, 2.24) is 5.32 Å². The summed E-state index contributed by atoms with van der Waals surface area (Å²) in [5.74, 6) is 0.495. The van der Waals surface area contributed by atoms with Crippen LogP contribution in [0.5, 0.6) is 5.75 Å². The van der Waals surface area contributed by atoms with Crippen molar-refractivity contribution in [2.24, 2.45) is 0 Å². The third kappa shape index (κ3) is 5.19. The smallest absolute Gasteiger partial charge is 0.260 e. The molecule has 0 fully saturated rings. The van der Waals surface area contributed by atoms with E-state index in [9.17, 15) is 4.79 Å². The van der Waals surface area contributed by atoms with E-state index in [0.29, 0.717) is 12.3 Å². The molecular formula is C18H25NO3. The van der Waals surface area contributed by atoms with E-state index in [1.165, 1.54) is 24.8 Å². The SMILES string of the molecule is CC(Oc1cccc(CO)c1)C(=O)NCCC1=CCCCC1. The van der Waals surface area contributed by atoms with Gasteiger partial charge in [-0.05, 0) is 56.7 Å². The Morgan fingerprint density at radius 3 is 3.00 bits per heavy atom. The average Bonchev–Trinajstić information content (AvgIpc) is 2.56. The molecule has 4 heteroatoms. The fourth-order valence-electron chi connectivity index (χ4n) is 2.60. The van der Waals surface area contributed by atoms with Gasteiger partial charge >= 0.3 is 0 Å². The van der Waals surface area contributed by atoms with Crippen molar-refractivity contribution in [2.45, 2.75) is 51.7 Å². The van der Waals surface area contributed by atoms with Crippen LogP contribution in [-0.4, -0.2) is 23.7 Å². The summed E-state index contributed by atoms with van der Waals surface area (Å²) in [6, 6.07) is 7.16. The zero-order valence-electron chi connectivity index (χ0n) is 13.2. The Morgan fingerprint density at radius 1 is 1.41 bits per heavy atom. The van der Waals surface area contributed by atoms with Crippen LogP contribution in [0.3, 0.4) is 0 Å². The summed E-state index contributed by atoms with van der Waals surface area (Å²) in [6.07, 6.45) is 7.57. The van der Waals surface area contributed by atoms with E-state index in [1.54, 1.807) is 25.1 Å². The molecule has 0 bridgehead atoms. The first kappa shape index (κ1) is 16.6. The first-order valence-electron chi connectivity index (χ1n) is 8.01. The maximum atomic E-state index is 12.0. The Morgan fingerprint density at radius 2 is 2.27 bits per heavy atom. The number of hydrogen-bond donors (Lipinski definition) is 2. The van der Waals surface area contributed by atoms with E-state index in [2.05, 4.69) is 11.4 Å². The molecule has 1 atom stereocenters. The predicted molar refractivity (Wildman–Crippen MR) is 86.6 cm³/mol. The standard InChI is InChI=1S/C18H25NO3/c1-14(22-17-9-5-8-16(12-17)13-20)18(21)19-11-10-15-6-3-2-4-7-15/h5-6,8-9,12,14,20H,2-4,7,10-11,13H2,1H3,(H,19,21). The van der Waals surface area contributed by atoms with E-state index in [4.69, 9.17) is 9.84 Å². The monoisotopic (exact) mass is 303 g/mol. The number of amides is 1. The molecule has 2 N–H and O–H groups in total. The van der Waals surface area contributed by atoms with Crippen LogP contribution in [0.2, 0.25) is 0 Å². The van der Waals surface area contributed by atoms with Crippen molar-refractivity contribution in [3.05, 3.63) is 41.5 Å². The highest BCUT2D eigenvalue weighted by Gasteiger charge is 2.14. The Hall–Kier alpha value is -1.81. The van der Waals surface area contributed by atoms with E-state index in [1.807, 2.05) is 6.07 Å². The maximum absolute atomic E-state index is 12.0. The van der Waals surface area contributed by atoms with Gasteiger partial charge in [-0.15, -0.1) is 0 Å². The van der Waals surface area contributed by atoms with Crippen molar-refractivity contribution in [3.63, 3.8) is 0 Å². The highest BCUT2D eigenvalue weighted by molar-refractivity contribution is 5.80. The summed E-state index contributed by atoms with van der Waals surface area (Å²) in [5.41, 5.74) is 2.23. The molecule has 0 saturated carbocycles. The Balaban J connectivity index is 1.75. The first-order valence-corrected chi connectivity index (χ1v) is 8.01. The van der Waals surface area contributed by atoms with Gasteiger partial charge in [-0.2, -0.15) is 0 Å². The molecule has 1 unspecified atom stereocenters. The normalized spacial score (nSPS) is 15.8. The van der Waals surface area contributed by atoms with Crippen molar-refractivity contribution in [1.29, 1.82) is 0 Å². The lowest BCUT2D eigenvalue weighted by Crippen LogP contribution is -2.37. The van der Waals surface area contributed by atoms with Gasteiger partial charge in [0.2, 0.25) is 0 Å². The van der Waals surface area contributed by atoms with Gasteiger partial charge < -0.3 is 15.2 Å². The zero-order chi connectivity index (χ0) is 15.8. The lowest BCUT2D eigenvalue weighted by molar-refractivity contribution is -0.127. The van der Waals surface area contributed by atoms with Gasteiger partial charge in [-0.1, -0.05) is 23.8 Å². The molecule has 0 radical (unpaired) electrons. The van der Waals surface area contributed by atoms with Crippen LogP contribution in [0.4, 0.5) is 0 Å². The molecule has 22 heavy (non-hydrogen) atoms. The zero-order valence-corrected chi connectivity index (χ0v) is 13.2. The largest absolute Gasteiger partial charge is 0.481 e. The highest BCUT2D eigenvalue weighted by Crippen LogP contribution is 2.19. The number of aliphatic hydroxyl groups excluding tert-OH is 1. The molecule has 0 spiro atoms. The summed E-state index contributed by atoms with van der Waals surface area (Å²) >= 11 is 0. The molecule has 1 aliphatic rings. The minimum absolute atomic E-state index is 0.0348. The van der Waals surface area contributed by atoms with Gasteiger partial charge in [0, 0.05) is 6.54 Å². The highest BCUT2D eigenvalue weighted by atomic mass is 16.5. The number of aliphatic hydroxyl groups is 1. The molecule has 0 aromatic heterocycles. The van der Waals surface area contributed by atoms with E-state index in [-0.39, 0.29) is 12.5 Å². The Kier molecular flexibility index (Phi) is 6.46. The van der Waals surface area contributed by atoms with Crippen LogP contribution in [0.15, 0.2) is 35.9 Å². The molecule has 0 aliphatic heterocycles. The van der Waals surface area contributed by atoms with Crippen molar-refractivity contribution < 1.29 is 14.6 Å². The lowest BCUT2D eigenvalue weighted by Gasteiger charge is -2.16. The van der Waals surface area contributed by atoms with Crippen LogP contribution in [-0.2, 0) is 11.4 Å². The first-order chi connectivity index (χ1) is 10.7. The van der Waals surface area contributed by atoms with E-state index < -0.39 is 6.10 Å². The summed E-state index contributed by atoms with van der Waals surface area (Å²) < 4.78 is 5.62. The van der Waals surface area contributed by atoms with Crippen LogP contribution in [0.25, 0.3) is 0 Å². The fraction of sp³-hybridized carbons (Fsp3) is 0.500. The number of hydrogen-bond acceptors (Lipinski definition) is 3. The second kappa shape index (κ2) is 8.59. The molecule has 1 aromatic rings. The summed E-state index contributed by atoms with van der Waals surface area (Å²) in [6.45, 7) is 2.36. The number of carbonyl (C=O) groups excluding carboxylic acids is 1. The minimum atomic E-state index is -0.547. The second-order valence-corrected chi connectivity index (χ2v) is 5.71. The Bertz CT molecular complexity index is 525. The number of nitrogens with one attached hydrogen (secondary N) is 1. The van der Waals surface area contributed by atoms with E-state index >= 15 is 0 Å². The summed E-state index contributed by atoms with van der Waals surface area (Å²) in [4.78, 5) is 12.0. The molecule has 1 aliphatic carbocycles. The van der Waals surface area contributed by atoms with Crippen LogP contribution in [0.1, 0.15) is 44.6 Å². The quantitative estimate of drug-likeness (QED) is 0.761. The third-order valence-electron chi connectivity index (χ3n) is 3.89. The van der Waals surface area contributed by atoms with Crippen molar-refractivity contribution in [3.8, 4) is 5.75 Å². The number of carbonyl (C=O) groups is 1. The number of ether oxygens (including phenoxy) is 1. The molecule has 4 nitrogen and oxygen atoms in total. The molecule has 1 amide bonds. The molecule has 0 heterocycles. The second-order valence-electron chi connectivity index (χ2n) is 5.71.